The van der Waals surface area contributed by atoms with E-state index in [-0.39, 0.29) is 24.1 Å². The minimum absolute atomic E-state index is 0.0384. The Hall–Kier alpha value is -2.44. The van der Waals surface area contributed by atoms with Crippen LogP contribution >= 0.6 is 0 Å². The third kappa shape index (κ3) is 4.12. The molecule has 7 heteroatoms. The number of amides is 1. The van der Waals surface area contributed by atoms with E-state index in [0.717, 1.165) is 37.1 Å². The molecule has 1 fully saturated rings. The zero-order valence-corrected chi connectivity index (χ0v) is 16.7. The summed E-state index contributed by atoms with van der Waals surface area (Å²) in [5.74, 6) is 0.263. The Morgan fingerprint density at radius 2 is 1.93 bits per heavy atom. The summed E-state index contributed by atoms with van der Waals surface area (Å²) in [4.78, 5) is 30.4. The van der Waals surface area contributed by atoms with Gasteiger partial charge in [0.1, 0.15) is 6.54 Å². The van der Waals surface area contributed by atoms with E-state index in [1.807, 2.05) is 33.8 Å². The molecule has 0 aromatic carbocycles. The molecule has 7 nitrogen and oxygen atoms in total. The van der Waals surface area contributed by atoms with Crippen LogP contribution in [0.4, 0.5) is 0 Å². The van der Waals surface area contributed by atoms with E-state index in [1.54, 1.807) is 4.68 Å². The second-order valence-corrected chi connectivity index (χ2v) is 7.46. The first-order valence-corrected chi connectivity index (χ1v) is 9.84. The summed E-state index contributed by atoms with van der Waals surface area (Å²) >= 11 is 0. The zero-order chi connectivity index (χ0) is 19.6. The smallest absolute Gasteiger partial charge is 0.258 e. The summed E-state index contributed by atoms with van der Waals surface area (Å²) < 4.78 is 3.11. The number of rotatable bonds is 5. The van der Waals surface area contributed by atoms with E-state index in [1.165, 1.54) is 11.0 Å². The van der Waals surface area contributed by atoms with E-state index in [0.29, 0.717) is 23.6 Å². The first-order valence-electron chi connectivity index (χ1n) is 9.84. The van der Waals surface area contributed by atoms with Crippen molar-refractivity contribution in [1.82, 2.24) is 24.6 Å². The first kappa shape index (κ1) is 19.3. The molecule has 0 spiro atoms. The van der Waals surface area contributed by atoms with Gasteiger partial charge in [-0.2, -0.15) is 5.10 Å². The Kier molecular flexibility index (Phi) is 5.77. The summed E-state index contributed by atoms with van der Waals surface area (Å²) in [6.07, 6.45) is 6.13. The molecule has 1 amide bonds. The van der Waals surface area contributed by atoms with Gasteiger partial charge in [0.05, 0.1) is 11.4 Å². The van der Waals surface area contributed by atoms with Crippen LogP contribution in [0.3, 0.4) is 0 Å². The third-order valence-electron chi connectivity index (χ3n) is 5.27. The molecule has 0 radical (unpaired) electrons. The Labute approximate surface area is 159 Å². The summed E-state index contributed by atoms with van der Waals surface area (Å²) in [5, 5.41) is 7.55. The molecule has 1 aliphatic carbocycles. The summed E-state index contributed by atoms with van der Waals surface area (Å²) in [7, 11) is 0. The lowest BCUT2D eigenvalue weighted by Gasteiger charge is -2.23. The average molecular weight is 371 g/mol. The molecular formula is C20H29N5O2. The van der Waals surface area contributed by atoms with Crippen molar-refractivity contribution in [1.29, 1.82) is 0 Å². The van der Waals surface area contributed by atoms with Gasteiger partial charge < -0.3 is 5.32 Å². The highest BCUT2D eigenvalue weighted by molar-refractivity contribution is 5.76. The molecule has 2 heterocycles. The molecule has 0 unspecified atom stereocenters. The predicted molar refractivity (Wildman–Crippen MR) is 104 cm³/mol. The van der Waals surface area contributed by atoms with Gasteiger partial charge >= 0.3 is 0 Å². The van der Waals surface area contributed by atoms with Gasteiger partial charge in [-0.3, -0.25) is 14.2 Å². The lowest BCUT2D eigenvalue weighted by molar-refractivity contribution is -0.122. The third-order valence-corrected chi connectivity index (χ3v) is 5.27. The fraction of sp³-hybridized carbons (Fsp3) is 0.600. The van der Waals surface area contributed by atoms with Crippen LogP contribution in [0.25, 0.3) is 5.95 Å². The van der Waals surface area contributed by atoms with Crippen LogP contribution in [-0.2, 0) is 17.8 Å². The molecule has 146 valence electrons. The molecular weight excluding hydrogens is 342 g/mol. The molecule has 0 aliphatic heterocycles. The lowest BCUT2D eigenvalue weighted by atomic mass is 9.95. The van der Waals surface area contributed by atoms with Crippen molar-refractivity contribution in [3.63, 3.8) is 0 Å². The van der Waals surface area contributed by atoms with E-state index in [2.05, 4.69) is 15.4 Å². The number of carbonyl (C=O) groups excluding carboxylic acids is 1. The van der Waals surface area contributed by atoms with Gasteiger partial charge in [0.2, 0.25) is 11.9 Å². The number of nitrogens with one attached hydrogen (secondary N) is 1. The van der Waals surface area contributed by atoms with Crippen molar-refractivity contribution in [3.05, 3.63) is 39.1 Å². The van der Waals surface area contributed by atoms with Gasteiger partial charge in [-0.15, -0.1) is 0 Å². The van der Waals surface area contributed by atoms with E-state index in [4.69, 9.17) is 0 Å². The van der Waals surface area contributed by atoms with Crippen LogP contribution in [0.5, 0.6) is 0 Å². The molecule has 2 aromatic heterocycles. The number of hydrogen-bond acceptors (Lipinski definition) is 4. The molecule has 0 saturated heterocycles. The lowest BCUT2D eigenvalue weighted by Crippen LogP contribution is -2.41. The van der Waals surface area contributed by atoms with E-state index in [9.17, 15) is 9.59 Å². The molecule has 2 aromatic rings. The molecule has 1 N–H and O–H groups in total. The van der Waals surface area contributed by atoms with Crippen LogP contribution in [0, 0.1) is 20.8 Å². The van der Waals surface area contributed by atoms with Crippen molar-refractivity contribution in [2.45, 2.75) is 78.8 Å². The number of hydrogen-bond donors (Lipinski definition) is 1. The van der Waals surface area contributed by atoms with Crippen LogP contribution in [0.15, 0.2) is 10.9 Å². The van der Waals surface area contributed by atoms with Crippen LogP contribution in [0.2, 0.25) is 0 Å². The summed E-state index contributed by atoms with van der Waals surface area (Å²) in [6.45, 7) is 7.54. The number of nitrogens with zero attached hydrogens (tertiary/aromatic N) is 4. The Morgan fingerprint density at radius 1 is 1.22 bits per heavy atom. The van der Waals surface area contributed by atoms with Gasteiger partial charge in [-0.25, -0.2) is 9.67 Å². The molecule has 1 saturated carbocycles. The van der Waals surface area contributed by atoms with Crippen LogP contribution in [-0.4, -0.2) is 31.3 Å². The maximum absolute atomic E-state index is 13.1. The minimum Gasteiger partial charge on any atom is -0.352 e. The monoisotopic (exact) mass is 371 g/mol. The zero-order valence-electron chi connectivity index (χ0n) is 16.7. The average Bonchev–Trinajstić information content (AvgIpc) is 2.96. The van der Waals surface area contributed by atoms with Crippen LogP contribution in [0.1, 0.15) is 61.7 Å². The highest BCUT2D eigenvalue weighted by atomic mass is 16.2. The maximum atomic E-state index is 13.1. The van der Waals surface area contributed by atoms with Gasteiger partial charge in [-0.05, 0) is 46.1 Å². The van der Waals surface area contributed by atoms with Crippen molar-refractivity contribution < 1.29 is 4.79 Å². The Bertz CT molecular complexity index is 891. The Balaban J connectivity index is 1.97. The minimum atomic E-state index is -0.161. The number of aromatic nitrogens is 4. The first-order chi connectivity index (χ1) is 12.9. The summed E-state index contributed by atoms with van der Waals surface area (Å²) in [6, 6.07) is 2.14. The van der Waals surface area contributed by atoms with Crippen molar-refractivity contribution in [2.75, 3.05) is 0 Å². The molecule has 27 heavy (non-hydrogen) atoms. The highest BCUT2D eigenvalue weighted by Gasteiger charge is 2.21. The van der Waals surface area contributed by atoms with Crippen molar-refractivity contribution in [3.8, 4) is 5.95 Å². The molecule has 1 aliphatic rings. The normalized spacial score (nSPS) is 15.1. The maximum Gasteiger partial charge on any atom is 0.258 e. The second kappa shape index (κ2) is 8.06. The predicted octanol–water partition coefficient (Wildman–Crippen LogP) is 2.37. The Morgan fingerprint density at radius 3 is 2.52 bits per heavy atom. The molecule has 0 atom stereocenters. The van der Waals surface area contributed by atoms with Gasteiger partial charge in [0.25, 0.3) is 5.56 Å². The van der Waals surface area contributed by atoms with Crippen LogP contribution < -0.4 is 10.9 Å². The van der Waals surface area contributed by atoms with E-state index >= 15 is 0 Å². The SMILES string of the molecule is CCc1c(C)nc(-n2nc(C)cc2C)n(CC(=O)NC2CCCCC2)c1=O. The largest absolute Gasteiger partial charge is 0.352 e. The molecule has 3 rings (SSSR count). The summed E-state index contributed by atoms with van der Waals surface area (Å²) in [5.41, 5.74) is 2.90. The number of aryl methyl sites for hydroxylation is 3. The standard InChI is InChI=1S/C20H29N5O2/c1-5-17-15(4)21-20(25-14(3)11-13(2)23-25)24(19(17)27)12-18(26)22-16-9-7-6-8-10-16/h11,16H,5-10,12H2,1-4H3,(H,22,26). The van der Waals surface area contributed by atoms with Gasteiger partial charge in [0.15, 0.2) is 0 Å². The molecule has 0 bridgehead atoms. The second-order valence-electron chi connectivity index (χ2n) is 7.46. The fourth-order valence-electron chi connectivity index (χ4n) is 3.89. The van der Waals surface area contributed by atoms with E-state index < -0.39 is 0 Å². The topological polar surface area (TPSA) is 81.8 Å². The fourth-order valence-corrected chi connectivity index (χ4v) is 3.89. The van der Waals surface area contributed by atoms with Crippen molar-refractivity contribution in [2.24, 2.45) is 0 Å². The quantitative estimate of drug-likeness (QED) is 0.875. The highest BCUT2D eigenvalue weighted by Crippen LogP contribution is 2.17. The van der Waals surface area contributed by atoms with Gasteiger partial charge in [0, 0.05) is 17.3 Å². The number of carbonyl (C=O) groups is 1. The van der Waals surface area contributed by atoms with Gasteiger partial charge in [-0.1, -0.05) is 26.2 Å². The van der Waals surface area contributed by atoms with Crippen molar-refractivity contribution >= 4 is 5.91 Å².